The van der Waals surface area contributed by atoms with Gasteiger partial charge in [0.15, 0.2) is 6.23 Å². The predicted octanol–water partition coefficient (Wildman–Crippen LogP) is -4.56. The summed E-state index contributed by atoms with van der Waals surface area (Å²) in [5.74, 6) is -1.27. The number of urea groups is 1. The van der Waals surface area contributed by atoms with Gasteiger partial charge in [-0.05, 0) is 0 Å². The molecule has 0 spiro atoms. The lowest BCUT2D eigenvalue weighted by atomic mass is 10.1. The molecule has 0 aliphatic carbocycles. The van der Waals surface area contributed by atoms with Gasteiger partial charge in [0, 0.05) is 6.54 Å². The molecule has 0 bridgehead atoms. The second-order valence-electron chi connectivity index (χ2n) is 6.19. The van der Waals surface area contributed by atoms with Crippen LogP contribution in [0.4, 0.5) is 4.79 Å². The van der Waals surface area contributed by atoms with Gasteiger partial charge >= 0.3 is 6.03 Å². The van der Waals surface area contributed by atoms with Crippen LogP contribution in [-0.2, 0) is 36.4 Å². The molecule has 3 amide bonds. The van der Waals surface area contributed by atoms with Gasteiger partial charge in [0.1, 0.15) is 18.3 Å². The normalized spacial score (nSPS) is 34.4. The second kappa shape index (κ2) is 9.00. The minimum Gasteiger partial charge on any atom is -0.790 e. The summed E-state index contributed by atoms with van der Waals surface area (Å²) < 4.78 is 48.5. The van der Waals surface area contributed by atoms with Gasteiger partial charge in [-0.25, -0.2) is 9.11 Å². The van der Waals surface area contributed by atoms with Crippen LogP contribution in [0.5, 0.6) is 0 Å². The van der Waals surface area contributed by atoms with Crippen LogP contribution in [0.3, 0.4) is 0 Å². The third-order valence-corrected chi connectivity index (χ3v) is 7.52. The molecule has 0 aromatic heterocycles. The molecule has 0 saturated carbocycles. The Morgan fingerprint density at radius 2 is 1.70 bits per heavy atom. The van der Waals surface area contributed by atoms with Crippen molar-refractivity contribution in [3.63, 3.8) is 0 Å². The Labute approximate surface area is 168 Å². The van der Waals surface area contributed by atoms with Crippen LogP contribution in [-0.4, -0.2) is 64.7 Å². The largest absolute Gasteiger partial charge is 0.790 e. The number of hydrogen-bond donors (Lipinski definition) is 3. The monoisotopic (exact) mass is 496 g/mol. The first kappa shape index (κ1) is 25.5. The zero-order valence-electron chi connectivity index (χ0n) is 14.8. The molecule has 2 aliphatic rings. The molecular weight excluding hydrogens is 481 g/mol. The molecule has 30 heavy (non-hydrogen) atoms. The summed E-state index contributed by atoms with van der Waals surface area (Å²) >= 11 is 0. The number of nitrogens with zero attached hydrogens (tertiary/aromatic N) is 1. The van der Waals surface area contributed by atoms with Crippen LogP contribution in [0, 0.1) is 5.92 Å². The van der Waals surface area contributed by atoms with Gasteiger partial charge in [-0.2, -0.15) is 0 Å². The summed E-state index contributed by atoms with van der Waals surface area (Å²) in [6, 6.07) is -0.946. The van der Waals surface area contributed by atoms with Gasteiger partial charge < -0.3 is 43.6 Å². The van der Waals surface area contributed by atoms with Crippen molar-refractivity contribution in [2.24, 2.45) is 5.92 Å². The number of nitrogens with one attached hydrogen (secondary N) is 1. The van der Waals surface area contributed by atoms with Crippen LogP contribution in [0.2, 0.25) is 0 Å². The zero-order chi connectivity index (χ0) is 23.1. The number of imide groups is 1. The highest BCUT2D eigenvalue weighted by molar-refractivity contribution is 7.64. The van der Waals surface area contributed by atoms with Crippen molar-refractivity contribution < 1.29 is 71.0 Å². The molecule has 0 aromatic carbocycles. The van der Waals surface area contributed by atoms with Gasteiger partial charge in [0.25, 0.3) is 15.6 Å². The fraction of sp³-hybridized carbons (Fsp3) is 0.800. The molecule has 2 heterocycles. The number of phosphoric acid groups is 3. The topological polar surface area (TPSA) is 270 Å². The summed E-state index contributed by atoms with van der Waals surface area (Å²) in [6.45, 7) is 0.118. The van der Waals surface area contributed by atoms with Gasteiger partial charge in [0.05, 0.1) is 20.3 Å². The van der Waals surface area contributed by atoms with E-state index in [9.17, 15) is 53.1 Å². The average molecular weight is 496 g/mol. The fourth-order valence-corrected chi connectivity index (χ4v) is 5.42. The first-order valence-corrected chi connectivity index (χ1v) is 12.2. The van der Waals surface area contributed by atoms with Crippen molar-refractivity contribution in [2.75, 3.05) is 13.2 Å². The summed E-state index contributed by atoms with van der Waals surface area (Å²) in [5, 5.41) is 22.0. The average Bonchev–Trinajstić information content (AvgIpc) is 2.81. The first-order valence-electron chi connectivity index (χ1n) is 7.86. The van der Waals surface area contributed by atoms with Gasteiger partial charge in [-0.15, -0.1) is 0 Å². The molecule has 7 atom stereocenters. The third-order valence-electron chi connectivity index (χ3n) is 3.85. The number of aliphatic hydroxyl groups excluding tert-OH is 2. The minimum absolute atomic E-state index is 0.197. The number of amides is 3. The molecule has 7 unspecified atom stereocenters. The molecule has 17 nitrogen and oxygen atoms in total. The number of rotatable bonds is 8. The summed E-state index contributed by atoms with van der Waals surface area (Å²) in [7, 11) is -18.2. The van der Waals surface area contributed by atoms with Gasteiger partial charge in [-0.1, -0.05) is 6.92 Å². The van der Waals surface area contributed by atoms with Crippen LogP contribution < -0.4 is 24.9 Å². The van der Waals surface area contributed by atoms with Crippen molar-refractivity contribution in [1.29, 1.82) is 0 Å². The molecule has 2 aliphatic heterocycles. The van der Waals surface area contributed by atoms with Crippen molar-refractivity contribution in [3.05, 3.63) is 0 Å². The molecule has 20 heteroatoms. The van der Waals surface area contributed by atoms with E-state index in [-0.39, 0.29) is 6.54 Å². The molecule has 2 rings (SSSR count). The van der Waals surface area contributed by atoms with Crippen LogP contribution in [0.15, 0.2) is 0 Å². The van der Waals surface area contributed by atoms with Gasteiger partial charge in [0.2, 0.25) is 5.91 Å². The number of aliphatic hydroxyl groups is 2. The van der Waals surface area contributed by atoms with E-state index >= 15 is 0 Å². The Hall–Kier alpha value is -0.770. The van der Waals surface area contributed by atoms with Crippen molar-refractivity contribution in [3.8, 4) is 0 Å². The van der Waals surface area contributed by atoms with E-state index in [1.54, 1.807) is 0 Å². The third kappa shape index (κ3) is 6.61. The Morgan fingerprint density at radius 3 is 2.27 bits per heavy atom. The van der Waals surface area contributed by atoms with Crippen molar-refractivity contribution in [2.45, 2.75) is 31.5 Å². The van der Waals surface area contributed by atoms with E-state index in [1.807, 2.05) is 5.32 Å². The Balaban J connectivity index is 2.00. The van der Waals surface area contributed by atoms with E-state index in [0.29, 0.717) is 0 Å². The highest BCUT2D eigenvalue weighted by atomic mass is 31.3. The van der Waals surface area contributed by atoms with Crippen LogP contribution in [0.25, 0.3) is 0 Å². The van der Waals surface area contributed by atoms with Crippen molar-refractivity contribution >= 4 is 35.4 Å². The number of hydrogen-bond acceptors (Lipinski definition) is 15. The fourth-order valence-electron chi connectivity index (χ4n) is 2.55. The van der Waals surface area contributed by atoms with Gasteiger partial charge in [-0.3, -0.25) is 28.5 Å². The highest BCUT2D eigenvalue weighted by Crippen LogP contribution is 2.60. The molecular formula is C10H15N2O15P3-4. The lowest BCUT2D eigenvalue weighted by Crippen LogP contribution is -2.59. The standard InChI is InChI=1S/C10H19N2O15P3/c1-4-2-12(10(16)11-8(4)15)9-7(14)6(13)5(25-9)3-24-29(20,21)27-30(22,23)26-28(17,18)19/h4-7,9,13-14H,2-3H2,1H3,(H,20,21)(H,22,23)(H,11,15,16)(H2,17,18,19)/p-4. The van der Waals surface area contributed by atoms with Crippen LogP contribution in [0.1, 0.15) is 6.92 Å². The predicted molar refractivity (Wildman–Crippen MR) is 81.0 cm³/mol. The Kier molecular flexibility index (Phi) is 7.65. The van der Waals surface area contributed by atoms with Crippen LogP contribution >= 0.6 is 23.5 Å². The van der Waals surface area contributed by atoms with E-state index in [4.69, 9.17) is 4.74 Å². The summed E-state index contributed by atoms with van der Waals surface area (Å²) in [4.78, 5) is 67.4. The summed E-state index contributed by atoms with van der Waals surface area (Å²) in [5.41, 5.74) is 0. The maximum absolute atomic E-state index is 11.9. The smallest absolute Gasteiger partial charge is 0.326 e. The van der Waals surface area contributed by atoms with E-state index < -0.39 is 72.5 Å². The second-order valence-corrected chi connectivity index (χ2v) is 10.4. The molecule has 174 valence electrons. The zero-order valence-corrected chi connectivity index (χ0v) is 17.5. The molecule has 2 fully saturated rings. The maximum Gasteiger partial charge on any atom is 0.326 e. The number of carbonyl (C=O) groups excluding carboxylic acids is 2. The number of ether oxygens (including phenoxy) is 1. The summed E-state index contributed by atoms with van der Waals surface area (Å²) in [6.07, 6.45) is -6.74. The lowest BCUT2D eigenvalue weighted by Gasteiger charge is -2.37. The van der Waals surface area contributed by atoms with E-state index in [1.165, 1.54) is 6.92 Å². The first-order chi connectivity index (χ1) is 13.5. The number of carbonyl (C=O) groups is 2. The Morgan fingerprint density at radius 1 is 1.10 bits per heavy atom. The molecule has 3 N–H and O–H groups in total. The van der Waals surface area contributed by atoms with Crippen molar-refractivity contribution in [1.82, 2.24) is 10.2 Å². The maximum atomic E-state index is 11.9. The highest BCUT2D eigenvalue weighted by Gasteiger charge is 2.49. The molecule has 0 radical (unpaired) electrons. The minimum atomic E-state index is -6.16. The molecule has 2 saturated heterocycles. The van der Waals surface area contributed by atoms with E-state index in [0.717, 1.165) is 4.90 Å². The molecule has 0 aromatic rings. The van der Waals surface area contributed by atoms with E-state index in [2.05, 4.69) is 13.1 Å². The number of phosphoric ester groups is 1. The lowest BCUT2D eigenvalue weighted by molar-refractivity contribution is -0.339. The quantitative estimate of drug-likeness (QED) is 0.267. The SMILES string of the molecule is CC1CN(C2OC(COP(=O)([O-])OP(=O)([O-])OP(=O)([O-])[O-])C(O)C2O)C(=O)NC1=O. The Bertz CT molecular complexity index is 829.